The van der Waals surface area contributed by atoms with E-state index in [2.05, 4.69) is 58.6 Å². The lowest BCUT2D eigenvalue weighted by atomic mass is 10.1. The van der Waals surface area contributed by atoms with E-state index in [9.17, 15) is 0 Å². The van der Waals surface area contributed by atoms with Gasteiger partial charge in [-0.2, -0.15) is 0 Å². The van der Waals surface area contributed by atoms with Gasteiger partial charge in [0.1, 0.15) is 0 Å². The first kappa shape index (κ1) is 15.7. The molecule has 0 amide bonds. The molecule has 21 heavy (non-hydrogen) atoms. The number of benzene rings is 1. The van der Waals surface area contributed by atoms with Crippen LogP contribution in [-0.2, 0) is 19.5 Å². The molecule has 0 fully saturated rings. The quantitative estimate of drug-likeness (QED) is 0.847. The van der Waals surface area contributed by atoms with Crippen LogP contribution in [0.2, 0.25) is 0 Å². The van der Waals surface area contributed by atoms with Gasteiger partial charge in [0.05, 0.1) is 5.69 Å². The molecule has 3 heteroatoms. The Morgan fingerprint density at radius 2 is 1.71 bits per heavy atom. The van der Waals surface area contributed by atoms with Gasteiger partial charge in [-0.15, -0.1) is 0 Å². The van der Waals surface area contributed by atoms with Crippen molar-refractivity contribution < 1.29 is 0 Å². The van der Waals surface area contributed by atoms with Gasteiger partial charge in [-0.25, -0.2) is 0 Å². The summed E-state index contributed by atoms with van der Waals surface area (Å²) in [5.74, 6) is 0. The SMILES string of the molecule is CNCCc1ccc(CN(C)Cc2cccc(C)n2)cc1. The smallest absolute Gasteiger partial charge is 0.0547 e. The summed E-state index contributed by atoms with van der Waals surface area (Å²) >= 11 is 0. The molecule has 0 aliphatic rings. The second kappa shape index (κ2) is 7.91. The van der Waals surface area contributed by atoms with E-state index in [-0.39, 0.29) is 0 Å². The highest BCUT2D eigenvalue weighted by atomic mass is 15.1. The van der Waals surface area contributed by atoms with Crippen molar-refractivity contribution in [2.45, 2.75) is 26.4 Å². The number of hydrogen-bond donors (Lipinski definition) is 1. The van der Waals surface area contributed by atoms with Crippen molar-refractivity contribution in [3.05, 3.63) is 65.0 Å². The highest BCUT2D eigenvalue weighted by molar-refractivity contribution is 5.23. The highest BCUT2D eigenvalue weighted by Crippen LogP contribution is 2.09. The van der Waals surface area contributed by atoms with Gasteiger partial charge in [0.2, 0.25) is 0 Å². The first-order valence-electron chi connectivity index (χ1n) is 7.51. The molecule has 0 bridgehead atoms. The molecule has 112 valence electrons. The van der Waals surface area contributed by atoms with Crippen molar-refractivity contribution in [2.75, 3.05) is 20.6 Å². The Morgan fingerprint density at radius 1 is 1.00 bits per heavy atom. The van der Waals surface area contributed by atoms with Crippen LogP contribution in [0.3, 0.4) is 0 Å². The van der Waals surface area contributed by atoms with Crippen molar-refractivity contribution in [1.29, 1.82) is 0 Å². The summed E-state index contributed by atoms with van der Waals surface area (Å²) in [5, 5.41) is 3.18. The molecule has 0 saturated carbocycles. The van der Waals surface area contributed by atoms with Crippen LogP contribution in [-0.4, -0.2) is 30.5 Å². The maximum atomic E-state index is 4.55. The minimum atomic E-state index is 0.878. The van der Waals surface area contributed by atoms with Crippen molar-refractivity contribution in [2.24, 2.45) is 0 Å². The molecular weight excluding hydrogens is 258 g/mol. The number of aryl methyl sites for hydroxylation is 1. The largest absolute Gasteiger partial charge is 0.319 e. The fraction of sp³-hybridized carbons (Fsp3) is 0.389. The van der Waals surface area contributed by atoms with E-state index >= 15 is 0 Å². The van der Waals surface area contributed by atoms with E-state index < -0.39 is 0 Å². The second-order valence-electron chi connectivity index (χ2n) is 5.61. The predicted molar refractivity (Wildman–Crippen MR) is 88.2 cm³/mol. The Bertz CT molecular complexity index is 549. The number of pyridine rings is 1. The van der Waals surface area contributed by atoms with Crippen molar-refractivity contribution >= 4 is 0 Å². The van der Waals surface area contributed by atoms with Gasteiger partial charge < -0.3 is 5.32 Å². The third-order valence-electron chi connectivity index (χ3n) is 3.52. The highest BCUT2D eigenvalue weighted by Gasteiger charge is 2.03. The zero-order valence-corrected chi connectivity index (χ0v) is 13.3. The van der Waals surface area contributed by atoms with Gasteiger partial charge in [0, 0.05) is 18.8 Å². The fourth-order valence-corrected chi connectivity index (χ4v) is 2.41. The van der Waals surface area contributed by atoms with E-state index in [0.29, 0.717) is 0 Å². The molecule has 0 atom stereocenters. The summed E-state index contributed by atoms with van der Waals surface area (Å²) < 4.78 is 0. The first-order chi connectivity index (χ1) is 10.2. The van der Waals surface area contributed by atoms with Gasteiger partial charge in [-0.3, -0.25) is 9.88 Å². The molecule has 2 aromatic rings. The van der Waals surface area contributed by atoms with Crippen LogP contribution in [0.5, 0.6) is 0 Å². The van der Waals surface area contributed by atoms with Gasteiger partial charge in [-0.1, -0.05) is 30.3 Å². The standard InChI is InChI=1S/C18H25N3/c1-15-5-4-6-18(20-15)14-21(3)13-17-9-7-16(8-10-17)11-12-19-2/h4-10,19H,11-14H2,1-3H3. The number of nitrogens with one attached hydrogen (secondary N) is 1. The summed E-state index contributed by atoms with van der Waals surface area (Å²) in [6.45, 7) is 4.89. The molecule has 0 unspecified atom stereocenters. The number of aromatic nitrogens is 1. The second-order valence-corrected chi connectivity index (χ2v) is 5.61. The lowest BCUT2D eigenvalue weighted by Crippen LogP contribution is -2.18. The van der Waals surface area contributed by atoms with E-state index in [1.807, 2.05) is 20.0 Å². The minimum absolute atomic E-state index is 0.878. The lowest BCUT2D eigenvalue weighted by molar-refractivity contribution is 0.315. The Hall–Kier alpha value is -1.71. The maximum absolute atomic E-state index is 4.55. The van der Waals surface area contributed by atoms with Crippen LogP contribution in [0.4, 0.5) is 0 Å². The summed E-state index contributed by atoms with van der Waals surface area (Å²) in [6.07, 6.45) is 1.08. The molecule has 1 aromatic heterocycles. The summed E-state index contributed by atoms with van der Waals surface area (Å²) in [4.78, 5) is 6.85. The van der Waals surface area contributed by atoms with E-state index in [1.54, 1.807) is 0 Å². The molecule has 3 nitrogen and oxygen atoms in total. The summed E-state index contributed by atoms with van der Waals surface area (Å²) in [6, 6.07) is 15.1. The zero-order valence-electron chi connectivity index (χ0n) is 13.3. The van der Waals surface area contributed by atoms with Crippen LogP contribution in [0.15, 0.2) is 42.5 Å². The average Bonchev–Trinajstić information content (AvgIpc) is 2.46. The third kappa shape index (κ3) is 5.29. The van der Waals surface area contributed by atoms with Crippen LogP contribution in [0, 0.1) is 6.92 Å². The number of rotatable bonds is 7. The maximum Gasteiger partial charge on any atom is 0.0547 e. The third-order valence-corrected chi connectivity index (χ3v) is 3.52. The van der Waals surface area contributed by atoms with Crippen LogP contribution in [0.1, 0.15) is 22.5 Å². The minimum Gasteiger partial charge on any atom is -0.319 e. The molecule has 1 aromatic carbocycles. The van der Waals surface area contributed by atoms with Gasteiger partial charge in [-0.05, 0) is 57.2 Å². The molecule has 0 aliphatic carbocycles. The monoisotopic (exact) mass is 283 g/mol. The van der Waals surface area contributed by atoms with Gasteiger partial charge >= 0.3 is 0 Å². The topological polar surface area (TPSA) is 28.2 Å². The Morgan fingerprint density at radius 3 is 2.38 bits per heavy atom. The molecule has 1 N–H and O–H groups in total. The van der Waals surface area contributed by atoms with E-state index in [0.717, 1.165) is 37.4 Å². The van der Waals surface area contributed by atoms with Crippen molar-refractivity contribution in [3.63, 3.8) is 0 Å². The van der Waals surface area contributed by atoms with Gasteiger partial charge in [0.15, 0.2) is 0 Å². The Labute approximate surface area is 128 Å². The number of nitrogens with zero attached hydrogens (tertiary/aromatic N) is 2. The van der Waals surface area contributed by atoms with Crippen molar-refractivity contribution in [1.82, 2.24) is 15.2 Å². The molecule has 2 rings (SSSR count). The van der Waals surface area contributed by atoms with E-state index in [4.69, 9.17) is 0 Å². The summed E-state index contributed by atoms with van der Waals surface area (Å²) in [5.41, 5.74) is 4.94. The van der Waals surface area contributed by atoms with Crippen molar-refractivity contribution in [3.8, 4) is 0 Å². The molecule has 1 heterocycles. The predicted octanol–water partition coefficient (Wildman–Crippen LogP) is 2.78. The summed E-state index contributed by atoms with van der Waals surface area (Å²) in [7, 11) is 4.13. The molecule has 0 radical (unpaired) electrons. The van der Waals surface area contributed by atoms with E-state index in [1.165, 1.54) is 11.1 Å². The Kier molecular flexibility index (Phi) is 5.90. The normalized spacial score (nSPS) is 11.0. The Balaban J connectivity index is 1.88. The number of likely N-dealkylation sites (N-methyl/N-ethyl adjacent to an activating group) is 1. The lowest BCUT2D eigenvalue weighted by Gasteiger charge is -2.16. The van der Waals surface area contributed by atoms with Gasteiger partial charge in [0.25, 0.3) is 0 Å². The molecular formula is C18H25N3. The molecule has 0 spiro atoms. The zero-order chi connectivity index (χ0) is 15.1. The average molecular weight is 283 g/mol. The van der Waals surface area contributed by atoms with Crippen LogP contribution >= 0.6 is 0 Å². The molecule has 0 aliphatic heterocycles. The van der Waals surface area contributed by atoms with Crippen LogP contribution in [0.25, 0.3) is 0 Å². The number of hydrogen-bond acceptors (Lipinski definition) is 3. The fourth-order valence-electron chi connectivity index (χ4n) is 2.41. The van der Waals surface area contributed by atoms with Crippen LogP contribution < -0.4 is 5.32 Å². The molecule has 0 saturated heterocycles. The first-order valence-corrected chi connectivity index (χ1v) is 7.51.